The third kappa shape index (κ3) is 4.78. The summed E-state index contributed by atoms with van der Waals surface area (Å²) in [5.74, 6) is 0.808. The smallest absolute Gasteiger partial charge is 0.126 e. The van der Waals surface area contributed by atoms with Crippen molar-refractivity contribution in [1.82, 2.24) is 9.88 Å². The highest BCUT2D eigenvalue weighted by Crippen LogP contribution is 2.11. The molecule has 0 bridgehead atoms. The Bertz CT molecular complexity index is 403. The highest BCUT2D eigenvalue weighted by Gasteiger charge is 2.25. The average molecular weight is 265 g/mol. The van der Waals surface area contributed by atoms with Gasteiger partial charge in [-0.25, -0.2) is 4.98 Å². The van der Waals surface area contributed by atoms with Gasteiger partial charge in [0.05, 0.1) is 18.8 Å². The molecule has 0 aromatic carbocycles. The molecule has 5 heteroatoms. The number of anilines is 1. The van der Waals surface area contributed by atoms with Crippen molar-refractivity contribution in [2.45, 2.75) is 19.4 Å². The van der Waals surface area contributed by atoms with Gasteiger partial charge in [0, 0.05) is 31.9 Å². The number of aliphatic hydroxyl groups is 1. The lowest BCUT2D eigenvalue weighted by Crippen LogP contribution is -2.49. The number of pyridine rings is 1. The maximum atomic E-state index is 10.4. The molecule has 0 spiro atoms. The predicted octanol–water partition coefficient (Wildman–Crippen LogP) is 0.885. The van der Waals surface area contributed by atoms with Crippen molar-refractivity contribution < 1.29 is 9.84 Å². The maximum absolute atomic E-state index is 10.4. The van der Waals surface area contributed by atoms with Crippen LogP contribution in [-0.2, 0) is 4.74 Å². The standard InChI is InChI=1S/C14H23N3O2/c1-12-4-3-5-13(16-12)15-10-14(2,18)11-17-6-8-19-9-7-17/h3-5,18H,6-11H2,1-2H3,(H,15,16). The summed E-state index contributed by atoms with van der Waals surface area (Å²) >= 11 is 0. The third-order valence-electron chi connectivity index (χ3n) is 3.21. The van der Waals surface area contributed by atoms with Crippen molar-refractivity contribution in [3.8, 4) is 0 Å². The van der Waals surface area contributed by atoms with E-state index in [-0.39, 0.29) is 0 Å². The molecule has 5 nitrogen and oxygen atoms in total. The minimum Gasteiger partial charge on any atom is -0.387 e. The Morgan fingerprint density at radius 1 is 1.42 bits per heavy atom. The molecule has 1 aromatic rings. The summed E-state index contributed by atoms with van der Waals surface area (Å²) in [6, 6.07) is 5.83. The minimum atomic E-state index is -0.775. The minimum absolute atomic E-state index is 0.487. The summed E-state index contributed by atoms with van der Waals surface area (Å²) in [5, 5.41) is 13.6. The van der Waals surface area contributed by atoms with Gasteiger partial charge in [-0.1, -0.05) is 6.07 Å². The third-order valence-corrected chi connectivity index (χ3v) is 3.21. The van der Waals surface area contributed by atoms with Gasteiger partial charge in [0.15, 0.2) is 0 Å². The van der Waals surface area contributed by atoms with Crippen LogP contribution < -0.4 is 5.32 Å². The van der Waals surface area contributed by atoms with Gasteiger partial charge in [-0.2, -0.15) is 0 Å². The van der Waals surface area contributed by atoms with E-state index in [1.54, 1.807) is 0 Å². The van der Waals surface area contributed by atoms with Crippen LogP contribution in [0.15, 0.2) is 18.2 Å². The molecular weight excluding hydrogens is 242 g/mol. The Balaban J connectivity index is 1.82. The highest BCUT2D eigenvalue weighted by atomic mass is 16.5. The number of β-amino-alcohol motifs (C(OH)–C–C–N with tert-alkyl or cyclic N) is 1. The van der Waals surface area contributed by atoms with E-state index in [0.717, 1.165) is 37.8 Å². The molecule has 2 heterocycles. The van der Waals surface area contributed by atoms with Gasteiger partial charge in [0.2, 0.25) is 0 Å². The largest absolute Gasteiger partial charge is 0.387 e. The first-order valence-electron chi connectivity index (χ1n) is 6.75. The Labute approximate surface area is 114 Å². The molecular formula is C14H23N3O2. The number of nitrogens with one attached hydrogen (secondary N) is 1. The second-order valence-corrected chi connectivity index (χ2v) is 5.40. The molecule has 106 valence electrons. The van der Waals surface area contributed by atoms with Crippen molar-refractivity contribution in [2.75, 3.05) is 44.7 Å². The van der Waals surface area contributed by atoms with Crippen LogP contribution >= 0.6 is 0 Å². The summed E-state index contributed by atoms with van der Waals surface area (Å²) < 4.78 is 5.31. The normalized spacial score (nSPS) is 19.9. The Kier molecular flexibility index (Phi) is 4.74. The van der Waals surface area contributed by atoms with Crippen molar-refractivity contribution in [1.29, 1.82) is 0 Å². The lowest BCUT2D eigenvalue weighted by atomic mass is 10.1. The molecule has 1 aliphatic rings. The fraction of sp³-hybridized carbons (Fsp3) is 0.643. The number of morpholine rings is 1. The summed E-state index contributed by atoms with van der Waals surface area (Å²) in [5.41, 5.74) is 0.195. The number of ether oxygens (including phenoxy) is 1. The molecule has 1 aliphatic heterocycles. The SMILES string of the molecule is Cc1cccc(NCC(C)(O)CN2CCOCC2)n1. The number of nitrogens with zero attached hydrogens (tertiary/aromatic N) is 2. The lowest BCUT2D eigenvalue weighted by molar-refractivity contribution is -0.0164. The monoisotopic (exact) mass is 265 g/mol. The van der Waals surface area contributed by atoms with Crippen LogP contribution in [0.4, 0.5) is 5.82 Å². The fourth-order valence-electron chi connectivity index (χ4n) is 2.22. The molecule has 2 N–H and O–H groups in total. The van der Waals surface area contributed by atoms with Gasteiger partial charge in [-0.3, -0.25) is 4.90 Å². The summed E-state index contributed by atoms with van der Waals surface area (Å²) in [7, 11) is 0. The summed E-state index contributed by atoms with van der Waals surface area (Å²) in [6.45, 7) is 8.22. The zero-order chi connectivity index (χ0) is 13.7. The van der Waals surface area contributed by atoms with Crippen molar-refractivity contribution in [3.05, 3.63) is 23.9 Å². The van der Waals surface area contributed by atoms with Gasteiger partial charge in [-0.05, 0) is 26.0 Å². The Morgan fingerprint density at radius 3 is 2.84 bits per heavy atom. The van der Waals surface area contributed by atoms with Crippen LogP contribution in [0.2, 0.25) is 0 Å². The number of aryl methyl sites for hydroxylation is 1. The van der Waals surface area contributed by atoms with E-state index in [1.165, 1.54) is 0 Å². The van der Waals surface area contributed by atoms with Crippen LogP contribution in [0, 0.1) is 6.92 Å². The van der Waals surface area contributed by atoms with Crippen LogP contribution in [0.3, 0.4) is 0 Å². The van der Waals surface area contributed by atoms with Crippen LogP contribution in [0.1, 0.15) is 12.6 Å². The van der Waals surface area contributed by atoms with E-state index < -0.39 is 5.60 Å². The van der Waals surface area contributed by atoms with Crippen molar-refractivity contribution >= 4 is 5.82 Å². The highest BCUT2D eigenvalue weighted by molar-refractivity contribution is 5.35. The second-order valence-electron chi connectivity index (χ2n) is 5.40. The molecule has 0 saturated carbocycles. The predicted molar refractivity (Wildman–Crippen MR) is 75.3 cm³/mol. The van der Waals surface area contributed by atoms with Crippen molar-refractivity contribution in [3.63, 3.8) is 0 Å². The first-order chi connectivity index (χ1) is 9.05. The van der Waals surface area contributed by atoms with E-state index in [2.05, 4.69) is 15.2 Å². The van der Waals surface area contributed by atoms with E-state index in [0.29, 0.717) is 13.1 Å². The number of hydrogen-bond donors (Lipinski definition) is 2. The Hall–Kier alpha value is -1.17. The topological polar surface area (TPSA) is 57.6 Å². The molecule has 1 unspecified atom stereocenters. The van der Waals surface area contributed by atoms with Gasteiger partial charge in [-0.15, -0.1) is 0 Å². The number of aromatic nitrogens is 1. The van der Waals surface area contributed by atoms with Gasteiger partial charge >= 0.3 is 0 Å². The number of rotatable bonds is 5. The van der Waals surface area contributed by atoms with Crippen LogP contribution in [-0.4, -0.2) is 60.0 Å². The molecule has 1 saturated heterocycles. The molecule has 1 aromatic heterocycles. The van der Waals surface area contributed by atoms with E-state index in [4.69, 9.17) is 4.74 Å². The molecule has 1 atom stereocenters. The molecule has 0 aliphatic carbocycles. The van der Waals surface area contributed by atoms with Crippen LogP contribution in [0.25, 0.3) is 0 Å². The summed E-state index contributed by atoms with van der Waals surface area (Å²) in [4.78, 5) is 6.60. The first kappa shape index (κ1) is 14.2. The van der Waals surface area contributed by atoms with Crippen molar-refractivity contribution in [2.24, 2.45) is 0 Å². The second kappa shape index (κ2) is 6.32. The average Bonchev–Trinajstić information content (AvgIpc) is 2.37. The zero-order valence-corrected chi connectivity index (χ0v) is 11.7. The van der Waals surface area contributed by atoms with Gasteiger partial charge < -0.3 is 15.2 Å². The van der Waals surface area contributed by atoms with E-state index in [1.807, 2.05) is 32.0 Å². The fourth-order valence-corrected chi connectivity index (χ4v) is 2.22. The lowest BCUT2D eigenvalue weighted by Gasteiger charge is -2.34. The summed E-state index contributed by atoms with van der Waals surface area (Å²) in [6.07, 6.45) is 0. The van der Waals surface area contributed by atoms with Crippen LogP contribution in [0.5, 0.6) is 0 Å². The van der Waals surface area contributed by atoms with Gasteiger partial charge in [0.25, 0.3) is 0 Å². The van der Waals surface area contributed by atoms with E-state index in [9.17, 15) is 5.11 Å². The zero-order valence-electron chi connectivity index (χ0n) is 11.7. The molecule has 0 amide bonds. The number of hydrogen-bond acceptors (Lipinski definition) is 5. The molecule has 2 rings (SSSR count). The maximum Gasteiger partial charge on any atom is 0.126 e. The first-order valence-corrected chi connectivity index (χ1v) is 6.75. The van der Waals surface area contributed by atoms with Gasteiger partial charge in [0.1, 0.15) is 5.82 Å². The quantitative estimate of drug-likeness (QED) is 0.828. The molecule has 0 radical (unpaired) electrons. The molecule has 19 heavy (non-hydrogen) atoms. The molecule has 1 fully saturated rings. The van der Waals surface area contributed by atoms with E-state index >= 15 is 0 Å². The Morgan fingerprint density at radius 2 is 2.16 bits per heavy atom.